The fraction of sp³-hybridized carbons (Fsp3) is 0.458. The Morgan fingerprint density at radius 3 is 2.62 bits per heavy atom. The molecule has 2 aliphatic heterocycles. The molecule has 3 heterocycles. The van der Waals surface area contributed by atoms with Gasteiger partial charge in [-0.25, -0.2) is 0 Å². The highest BCUT2D eigenvalue weighted by atomic mass is 16.5. The fourth-order valence-electron chi connectivity index (χ4n) is 5.32. The highest BCUT2D eigenvalue weighted by Crippen LogP contribution is 2.52. The highest BCUT2D eigenvalue weighted by molar-refractivity contribution is 6.01. The molecule has 1 unspecified atom stereocenters. The number of aromatic nitrogens is 1. The molecule has 5 rings (SSSR count). The Morgan fingerprint density at radius 1 is 1.14 bits per heavy atom. The number of pyridine rings is 1. The zero-order chi connectivity index (χ0) is 20.0. The van der Waals surface area contributed by atoms with Gasteiger partial charge in [0.1, 0.15) is 0 Å². The van der Waals surface area contributed by atoms with Crippen molar-refractivity contribution in [2.24, 2.45) is 16.8 Å². The van der Waals surface area contributed by atoms with E-state index in [1.165, 1.54) is 5.56 Å². The van der Waals surface area contributed by atoms with Crippen molar-refractivity contribution in [1.29, 1.82) is 0 Å². The van der Waals surface area contributed by atoms with Gasteiger partial charge >= 0.3 is 0 Å². The van der Waals surface area contributed by atoms with Gasteiger partial charge in [0.15, 0.2) is 12.0 Å². The van der Waals surface area contributed by atoms with Gasteiger partial charge in [0.2, 0.25) is 5.91 Å². The second-order valence-electron chi connectivity index (χ2n) is 8.51. The van der Waals surface area contributed by atoms with E-state index in [1.54, 1.807) is 12.4 Å². The summed E-state index contributed by atoms with van der Waals surface area (Å²) >= 11 is 0. The fourth-order valence-corrected chi connectivity index (χ4v) is 5.32. The number of rotatable bonds is 4. The van der Waals surface area contributed by atoms with Gasteiger partial charge in [-0.2, -0.15) is 0 Å². The molecule has 1 amide bonds. The molecule has 3 aliphatic rings. The van der Waals surface area contributed by atoms with Crippen LogP contribution in [-0.4, -0.2) is 33.5 Å². The molecule has 2 bridgehead atoms. The van der Waals surface area contributed by atoms with Crippen LogP contribution in [0.25, 0.3) is 0 Å². The van der Waals surface area contributed by atoms with Gasteiger partial charge in [-0.05, 0) is 47.9 Å². The number of fused-ring (bicyclic) bond motifs is 1. The lowest BCUT2D eigenvalue weighted by Crippen LogP contribution is -2.52. The van der Waals surface area contributed by atoms with Crippen LogP contribution in [0.1, 0.15) is 50.2 Å². The third-order valence-electron chi connectivity index (χ3n) is 6.95. The highest BCUT2D eigenvalue weighted by Gasteiger charge is 2.62. The Bertz CT molecular complexity index is 930. The van der Waals surface area contributed by atoms with Crippen molar-refractivity contribution in [2.45, 2.75) is 57.5 Å². The van der Waals surface area contributed by atoms with E-state index < -0.39 is 5.72 Å². The largest absolute Gasteiger partial charge is 0.325 e. The molecule has 5 heteroatoms. The first-order valence-electron chi connectivity index (χ1n) is 10.6. The molecule has 5 nitrogen and oxygen atoms in total. The number of ether oxygens (including phenoxy) is 1. The molecule has 1 aromatic carbocycles. The molecule has 1 aromatic heterocycles. The van der Waals surface area contributed by atoms with Gasteiger partial charge in [-0.3, -0.25) is 14.8 Å². The molecule has 5 atom stereocenters. The smallest absolute Gasteiger partial charge is 0.229 e. The molecule has 0 radical (unpaired) electrons. The standard InChI is InChI=1S/C24H27N3O2/c1-3-22-26-21-13-19(18-7-5-4-6-8-18)16(2)20-14-24(21,29-22)27(23(20)28)15-17-9-11-25-12-10-17/h4-12,16,19-20,22H,3,13-15H2,1-2H3/t16-,19+,20?,22-,24+/m1/s1. The molecule has 1 aliphatic carbocycles. The molecular weight excluding hydrogens is 362 g/mol. The quantitative estimate of drug-likeness (QED) is 0.789. The summed E-state index contributed by atoms with van der Waals surface area (Å²) in [5.41, 5.74) is 2.72. The predicted molar refractivity (Wildman–Crippen MR) is 111 cm³/mol. The first-order valence-corrected chi connectivity index (χ1v) is 10.6. The minimum atomic E-state index is -0.691. The van der Waals surface area contributed by atoms with Gasteiger partial charge < -0.3 is 9.64 Å². The van der Waals surface area contributed by atoms with Crippen molar-refractivity contribution in [3.8, 4) is 0 Å². The van der Waals surface area contributed by atoms with Crippen LogP contribution >= 0.6 is 0 Å². The average Bonchev–Trinajstić information content (AvgIpc) is 3.21. The molecular formula is C24H27N3O2. The first kappa shape index (κ1) is 18.5. The monoisotopic (exact) mass is 389 g/mol. The van der Waals surface area contributed by atoms with Crippen molar-refractivity contribution in [3.05, 3.63) is 66.0 Å². The lowest BCUT2D eigenvalue weighted by Gasteiger charge is -2.37. The third-order valence-corrected chi connectivity index (χ3v) is 6.95. The summed E-state index contributed by atoms with van der Waals surface area (Å²) in [6, 6.07) is 14.5. The van der Waals surface area contributed by atoms with Gasteiger partial charge in [0.05, 0.1) is 5.71 Å². The van der Waals surface area contributed by atoms with Crippen LogP contribution in [0, 0.1) is 11.8 Å². The van der Waals surface area contributed by atoms with Crippen LogP contribution in [0.5, 0.6) is 0 Å². The van der Waals surface area contributed by atoms with E-state index in [4.69, 9.17) is 9.73 Å². The number of hydrogen-bond donors (Lipinski definition) is 0. The lowest BCUT2D eigenvalue weighted by molar-refractivity contribution is -0.150. The Balaban J connectivity index is 1.56. The van der Waals surface area contributed by atoms with Gasteiger partial charge in [0, 0.05) is 31.3 Å². The molecule has 0 N–H and O–H groups in total. The Hall–Kier alpha value is -2.53. The molecule has 2 fully saturated rings. The van der Waals surface area contributed by atoms with Gasteiger partial charge in [0.25, 0.3) is 0 Å². The summed E-state index contributed by atoms with van der Waals surface area (Å²) in [5, 5.41) is 0. The van der Waals surface area contributed by atoms with Crippen LogP contribution in [0.15, 0.2) is 59.9 Å². The minimum absolute atomic E-state index is 0.0506. The summed E-state index contributed by atoms with van der Waals surface area (Å²) in [7, 11) is 0. The minimum Gasteiger partial charge on any atom is -0.325 e. The summed E-state index contributed by atoms with van der Waals surface area (Å²) in [5.74, 6) is 0.666. The zero-order valence-corrected chi connectivity index (χ0v) is 17.0. The van der Waals surface area contributed by atoms with Crippen LogP contribution in [-0.2, 0) is 16.1 Å². The SMILES string of the molecule is CC[C@@H]1N=C2C[C@H](c3ccccc3)[C@@H](C)C3C[C@@]2(O1)N(Cc1ccncc1)C3=O. The van der Waals surface area contributed by atoms with E-state index in [1.807, 2.05) is 23.1 Å². The van der Waals surface area contributed by atoms with E-state index in [9.17, 15) is 4.79 Å². The summed E-state index contributed by atoms with van der Waals surface area (Å²) in [6.07, 6.45) is 5.76. The number of nitrogens with zero attached hydrogens (tertiary/aromatic N) is 3. The second kappa shape index (κ2) is 7.06. The van der Waals surface area contributed by atoms with Crippen molar-refractivity contribution < 1.29 is 9.53 Å². The second-order valence-corrected chi connectivity index (χ2v) is 8.51. The van der Waals surface area contributed by atoms with Crippen molar-refractivity contribution in [1.82, 2.24) is 9.88 Å². The predicted octanol–water partition coefficient (Wildman–Crippen LogP) is 4.16. The van der Waals surface area contributed by atoms with E-state index in [-0.39, 0.29) is 29.9 Å². The van der Waals surface area contributed by atoms with Crippen molar-refractivity contribution in [2.75, 3.05) is 0 Å². The maximum absolute atomic E-state index is 13.6. The Morgan fingerprint density at radius 2 is 1.90 bits per heavy atom. The summed E-state index contributed by atoms with van der Waals surface area (Å²) in [6.45, 7) is 4.86. The van der Waals surface area contributed by atoms with E-state index >= 15 is 0 Å². The molecule has 1 saturated heterocycles. The summed E-state index contributed by atoms with van der Waals surface area (Å²) < 4.78 is 6.55. The van der Waals surface area contributed by atoms with Crippen LogP contribution < -0.4 is 0 Å². The third kappa shape index (κ3) is 2.91. The number of carbonyl (C=O) groups excluding carboxylic acids is 1. The number of carbonyl (C=O) groups is 1. The molecule has 1 spiro atoms. The van der Waals surface area contributed by atoms with Crippen molar-refractivity contribution >= 4 is 11.6 Å². The first-order chi connectivity index (χ1) is 14.1. The average molecular weight is 389 g/mol. The number of likely N-dealkylation sites (tertiary alicyclic amines) is 1. The summed E-state index contributed by atoms with van der Waals surface area (Å²) in [4.78, 5) is 24.7. The maximum Gasteiger partial charge on any atom is 0.229 e. The van der Waals surface area contributed by atoms with E-state index in [2.05, 4.69) is 43.1 Å². The van der Waals surface area contributed by atoms with E-state index in [0.29, 0.717) is 13.0 Å². The van der Waals surface area contributed by atoms with Gasteiger partial charge in [-0.15, -0.1) is 0 Å². The molecule has 2 aromatic rings. The molecule has 29 heavy (non-hydrogen) atoms. The van der Waals surface area contributed by atoms with Crippen LogP contribution in [0.3, 0.4) is 0 Å². The van der Waals surface area contributed by atoms with E-state index in [0.717, 1.165) is 24.1 Å². The lowest BCUT2D eigenvalue weighted by atomic mass is 9.78. The molecule has 150 valence electrons. The molecule has 1 saturated carbocycles. The zero-order valence-electron chi connectivity index (χ0n) is 17.0. The number of hydrogen-bond acceptors (Lipinski definition) is 4. The normalized spacial score (nSPS) is 33.4. The number of benzene rings is 1. The number of amides is 1. The Labute approximate surface area is 171 Å². The van der Waals surface area contributed by atoms with Gasteiger partial charge in [-0.1, -0.05) is 44.2 Å². The van der Waals surface area contributed by atoms with Crippen molar-refractivity contribution in [3.63, 3.8) is 0 Å². The Kier molecular flexibility index (Phi) is 4.50. The van der Waals surface area contributed by atoms with Crippen LogP contribution in [0.4, 0.5) is 0 Å². The topological polar surface area (TPSA) is 54.8 Å². The van der Waals surface area contributed by atoms with Crippen LogP contribution in [0.2, 0.25) is 0 Å². The maximum atomic E-state index is 13.6. The number of aliphatic imine (C=N–C) groups is 1.